The Hall–Kier alpha value is 0.386. The fourth-order valence-electron chi connectivity index (χ4n) is 0.855. The van der Waals surface area contributed by atoms with E-state index in [0.29, 0.717) is 0 Å². The van der Waals surface area contributed by atoms with E-state index in [9.17, 15) is 0 Å². The molecule has 0 aromatic heterocycles. The number of hydrogen-bond donors (Lipinski definition) is 0. The van der Waals surface area contributed by atoms with E-state index in [4.69, 9.17) is 0 Å². The van der Waals surface area contributed by atoms with Gasteiger partial charge in [0.1, 0.15) is 0 Å². The number of hydrogen-bond acceptors (Lipinski definition) is 0. The standard InChI is InChI=1S/C5H7Ge.C5H5.Zr.2H/c6-5-3-1-2-4-5;1-2-4-5-3-1;;;/h1,3H,2H2,6H3;1-3H,4H2;;;/q2*-1;+2;2*-1. The molecular formula is C10H14GeZr-2. The summed E-state index contributed by atoms with van der Waals surface area (Å²) in [7, 11) is 0. The molecule has 0 bridgehead atoms. The van der Waals surface area contributed by atoms with E-state index < -0.39 is 0 Å². The Bertz CT molecular complexity index is 220. The Morgan fingerprint density at radius 2 is 2.17 bits per heavy atom. The van der Waals surface area contributed by atoms with Gasteiger partial charge in [-0.1, -0.05) is 0 Å². The molecular weight excluding hydrogens is 284 g/mol. The minimum atomic E-state index is 0. The van der Waals surface area contributed by atoms with Gasteiger partial charge in [-0.15, -0.1) is 6.42 Å². The van der Waals surface area contributed by atoms with Gasteiger partial charge >= 0.3 is 71.8 Å². The quantitative estimate of drug-likeness (QED) is 0.470. The zero-order valence-corrected chi connectivity index (χ0v) is 14.0. The van der Waals surface area contributed by atoms with Crippen molar-refractivity contribution in [1.82, 2.24) is 0 Å². The Morgan fingerprint density at radius 1 is 1.33 bits per heavy atom. The minimum Gasteiger partial charge on any atom is -1.00 e. The molecule has 0 amide bonds. The summed E-state index contributed by atoms with van der Waals surface area (Å²) in [5.74, 6) is 0. The van der Waals surface area contributed by atoms with Gasteiger partial charge in [-0.2, -0.15) is 6.08 Å². The maximum atomic E-state index is 3.21. The van der Waals surface area contributed by atoms with Crippen LogP contribution in [0.2, 0.25) is 0 Å². The van der Waals surface area contributed by atoms with Crippen LogP contribution in [0, 0.1) is 12.2 Å². The van der Waals surface area contributed by atoms with Gasteiger partial charge in [0.25, 0.3) is 0 Å². The molecule has 0 atom stereocenters. The molecule has 0 fully saturated rings. The Morgan fingerprint density at radius 3 is 2.33 bits per heavy atom. The maximum absolute atomic E-state index is 3.21. The van der Waals surface area contributed by atoms with E-state index in [2.05, 4.69) is 30.4 Å². The zero-order chi connectivity index (χ0) is 7.94. The Labute approximate surface area is 105 Å². The van der Waals surface area contributed by atoms with Crippen molar-refractivity contribution in [3.05, 3.63) is 46.9 Å². The smallest absolute Gasteiger partial charge is 1.00 e. The molecule has 0 aliphatic heterocycles. The van der Waals surface area contributed by atoms with Gasteiger partial charge in [-0.3, -0.25) is 6.08 Å². The van der Waals surface area contributed by atoms with Crippen LogP contribution < -0.4 is 0 Å². The molecule has 2 rings (SSSR count). The van der Waals surface area contributed by atoms with Crippen molar-refractivity contribution in [2.75, 3.05) is 0 Å². The first-order chi connectivity index (χ1) is 5.39. The molecule has 0 aromatic rings. The molecule has 0 N–H and O–H groups in total. The third-order valence-electron chi connectivity index (χ3n) is 1.45. The van der Waals surface area contributed by atoms with Gasteiger partial charge in [0.05, 0.1) is 0 Å². The van der Waals surface area contributed by atoms with Gasteiger partial charge in [-0.25, -0.2) is 12.2 Å². The van der Waals surface area contributed by atoms with Crippen LogP contribution in [0.25, 0.3) is 0 Å². The Balaban J connectivity index is -0.000000144. The second-order valence-electron chi connectivity index (χ2n) is 2.47. The van der Waals surface area contributed by atoms with Crippen LogP contribution in [-0.4, -0.2) is 16.5 Å². The van der Waals surface area contributed by atoms with Gasteiger partial charge in [0.2, 0.25) is 0 Å². The summed E-state index contributed by atoms with van der Waals surface area (Å²) >= 11 is 0.861. The van der Waals surface area contributed by atoms with E-state index in [-0.39, 0.29) is 29.1 Å². The number of rotatable bonds is 0. The molecule has 0 nitrogen and oxygen atoms in total. The van der Waals surface area contributed by atoms with Gasteiger partial charge in [0, 0.05) is 0 Å². The van der Waals surface area contributed by atoms with Gasteiger partial charge in [0.15, 0.2) is 0 Å². The third kappa shape index (κ3) is 5.96. The summed E-state index contributed by atoms with van der Waals surface area (Å²) in [6.45, 7) is 0. The fraction of sp³-hybridized carbons (Fsp3) is 0.200. The van der Waals surface area contributed by atoms with E-state index in [1.165, 1.54) is 4.41 Å². The Kier molecular flexibility index (Phi) is 8.26. The second kappa shape index (κ2) is 8.01. The molecule has 2 aliphatic rings. The van der Waals surface area contributed by atoms with Crippen LogP contribution in [-0.2, 0) is 26.2 Å². The first-order valence-corrected chi connectivity index (χ1v) is 5.95. The average Bonchev–Trinajstić information content (AvgIpc) is 2.57. The number of allylic oxidation sites excluding steroid dienone is 8. The third-order valence-corrected chi connectivity index (χ3v) is 2.89. The van der Waals surface area contributed by atoms with Crippen molar-refractivity contribution in [2.24, 2.45) is 0 Å². The zero-order valence-electron chi connectivity index (χ0n) is 9.30. The van der Waals surface area contributed by atoms with Crippen LogP contribution >= 0.6 is 0 Å². The minimum absolute atomic E-state index is 0. The van der Waals surface area contributed by atoms with Crippen LogP contribution in [0.15, 0.2) is 34.8 Å². The molecule has 0 unspecified atom stereocenters. The molecule has 0 radical (unpaired) electrons. The molecule has 0 heterocycles. The van der Waals surface area contributed by atoms with Gasteiger partial charge < -0.3 is 2.85 Å². The summed E-state index contributed by atoms with van der Waals surface area (Å²) in [6.07, 6.45) is 18.6. The molecule has 64 valence electrons. The first kappa shape index (κ1) is 12.4. The molecule has 0 saturated heterocycles. The average molecular weight is 298 g/mol. The molecule has 2 aliphatic carbocycles. The van der Waals surface area contributed by atoms with Crippen molar-refractivity contribution in [2.45, 2.75) is 12.8 Å². The molecule has 12 heavy (non-hydrogen) atoms. The summed E-state index contributed by atoms with van der Waals surface area (Å²) < 4.78 is 1.46. The van der Waals surface area contributed by atoms with Crippen LogP contribution in [0.5, 0.6) is 0 Å². The summed E-state index contributed by atoms with van der Waals surface area (Å²) in [5.41, 5.74) is 0. The molecule has 2 heteroatoms. The molecule has 0 spiro atoms. The normalized spacial score (nSPS) is 16.8. The van der Waals surface area contributed by atoms with Crippen molar-refractivity contribution in [3.8, 4) is 0 Å². The van der Waals surface area contributed by atoms with E-state index >= 15 is 0 Å². The largest absolute Gasteiger partial charge is 2.00 e. The maximum Gasteiger partial charge on any atom is 2.00 e. The summed E-state index contributed by atoms with van der Waals surface area (Å²) in [6, 6.07) is 0. The van der Waals surface area contributed by atoms with Crippen LogP contribution in [0.4, 0.5) is 0 Å². The van der Waals surface area contributed by atoms with Crippen LogP contribution in [0.1, 0.15) is 15.7 Å². The topological polar surface area (TPSA) is 0 Å². The van der Waals surface area contributed by atoms with Crippen molar-refractivity contribution < 1.29 is 29.1 Å². The van der Waals surface area contributed by atoms with E-state index in [0.717, 1.165) is 29.4 Å². The summed E-state index contributed by atoms with van der Waals surface area (Å²) in [4.78, 5) is 0. The second-order valence-corrected chi connectivity index (χ2v) is 4.73. The van der Waals surface area contributed by atoms with E-state index in [1.54, 1.807) is 0 Å². The molecule has 0 saturated carbocycles. The van der Waals surface area contributed by atoms with Crippen LogP contribution in [0.3, 0.4) is 0 Å². The van der Waals surface area contributed by atoms with E-state index in [1.807, 2.05) is 12.2 Å². The predicted octanol–water partition coefficient (Wildman–Crippen LogP) is 1.53. The van der Waals surface area contributed by atoms with Crippen molar-refractivity contribution in [3.63, 3.8) is 0 Å². The monoisotopic (exact) mass is 298 g/mol. The fourth-order valence-corrected chi connectivity index (χ4v) is 1.78. The summed E-state index contributed by atoms with van der Waals surface area (Å²) in [5, 5.41) is 0. The predicted molar refractivity (Wildman–Crippen MR) is 54.2 cm³/mol. The van der Waals surface area contributed by atoms with Crippen molar-refractivity contribution in [1.29, 1.82) is 0 Å². The SMILES string of the molecule is [C-]1=CC=CC1.[GeH3][C]1=[C-]CC=C1.[H-].[H-].[Zr+2]. The molecule has 0 aromatic carbocycles. The van der Waals surface area contributed by atoms with Gasteiger partial charge in [-0.05, 0) is 0 Å². The van der Waals surface area contributed by atoms with Crippen molar-refractivity contribution >= 4 is 16.5 Å². The first-order valence-electron chi connectivity index (χ1n) is 3.85.